The second-order valence-electron chi connectivity index (χ2n) is 3.76. The molecule has 0 radical (unpaired) electrons. The van der Waals surface area contributed by atoms with Crippen molar-refractivity contribution in [1.82, 2.24) is 10.6 Å². The van der Waals surface area contributed by atoms with E-state index in [2.05, 4.69) is 26.6 Å². The summed E-state index contributed by atoms with van der Waals surface area (Å²) in [4.78, 5) is 33.3. The second kappa shape index (κ2) is 5.17. The van der Waals surface area contributed by atoms with Gasteiger partial charge in [0.2, 0.25) is 11.8 Å². The molecule has 96 valence electrons. The van der Waals surface area contributed by atoms with Gasteiger partial charge in [-0.2, -0.15) is 0 Å². The van der Waals surface area contributed by atoms with E-state index in [1.165, 1.54) is 16.7 Å². The molecule has 1 aromatic heterocycles. The number of nitrogens with one attached hydrogen (secondary N) is 2. The van der Waals surface area contributed by atoms with Gasteiger partial charge in [-0.05, 0) is 15.9 Å². The number of rotatable bonds is 4. The molecule has 3 N–H and O–H groups in total. The number of carbonyl (C=O) groups is 3. The highest BCUT2D eigenvalue weighted by Gasteiger charge is 2.30. The molecule has 0 saturated carbocycles. The molecule has 1 aliphatic heterocycles. The summed E-state index contributed by atoms with van der Waals surface area (Å²) in [5, 5.41) is 15.6. The van der Waals surface area contributed by atoms with Crippen molar-refractivity contribution in [3.05, 3.63) is 20.3 Å². The normalized spacial score (nSPS) is 19.1. The second-order valence-corrected chi connectivity index (χ2v) is 5.95. The van der Waals surface area contributed by atoms with E-state index in [0.717, 1.165) is 0 Å². The summed E-state index contributed by atoms with van der Waals surface area (Å²) in [6.45, 7) is 0.219. The Hall–Kier alpha value is -1.25. The van der Waals surface area contributed by atoms with Gasteiger partial charge in [-0.25, -0.2) is 4.79 Å². The molecule has 1 fully saturated rings. The van der Waals surface area contributed by atoms with Gasteiger partial charge in [-0.3, -0.25) is 14.9 Å². The standard InChI is InChI=1S/C10H9BrN2O4S/c11-8-4(5(3-18-8)10(16)17)2-12-6-1-7(14)13-9(6)15/h3,6,12H,1-2H2,(H,16,17)(H,13,14,15). The van der Waals surface area contributed by atoms with E-state index >= 15 is 0 Å². The number of carbonyl (C=O) groups excluding carboxylic acids is 2. The fraction of sp³-hybridized carbons (Fsp3) is 0.300. The van der Waals surface area contributed by atoms with Gasteiger partial charge in [0.15, 0.2) is 0 Å². The van der Waals surface area contributed by atoms with Crippen LogP contribution in [-0.2, 0) is 16.1 Å². The fourth-order valence-electron chi connectivity index (χ4n) is 1.65. The fourth-order valence-corrected chi connectivity index (χ4v) is 3.07. The minimum absolute atomic E-state index is 0.0863. The van der Waals surface area contributed by atoms with Gasteiger partial charge in [0.1, 0.15) is 0 Å². The molecular weight excluding hydrogens is 324 g/mol. The molecule has 1 unspecified atom stereocenters. The molecule has 2 rings (SSSR count). The van der Waals surface area contributed by atoms with Gasteiger partial charge in [0.05, 0.1) is 21.8 Å². The lowest BCUT2D eigenvalue weighted by molar-refractivity contribution is -0.125. The number of hydrogen-bond acceptors (Lipinski definition) is 5. The molecule has 0 aromatic carbocycles. The van der Waals surface area contributed by atoms with Crippen molar-refractivity contribution in [2.45, 2.75) is 19.0 Å². The maximum atomic E-state index is 11.3. The van der Waals surface area contributed by atoms with Crippen LogP contribution in [0.4, 0.5) is 0 Å². The Kier molecular flexibility index (Phi) is 3.79. The lowest BCUT2D eigenvalue weighted by Gasteiger charge is -2.09. The van der Waals surface area contributed by atoms with Crippen molar-refractivity contribution in [2.75, 3.05) is 0 Å². The van der Waals surface area contributed by atoms with Crippen molar-refractivity contribution >= 4 is 45.1 Å². The molecule has 8 heteroatoms. The van der Waals surface area contributed by atoms with Crippen LogP contribution in [0, 0.1) is 0 Å². The summed E-state index contributed by atoms with van der Waals surface area (Å²) < 4.78 is 0.706. The smallest absolute Gasteiger partial charge is 0.336 e. The summed E-state index contributed by atoms with van der Waals surface area (Å²) in [6, 6.07) is -0.592. The average Bonchev–Trinajstić information content (AvgIpc) is 2.79. The van der Waals surface area contributed by atoms with Crippen LogP contribution in [0.2, 0.25) is 0 Å². The predicted molar refractivity (Wildman–Crippen MR) is 67.4 cm³/mol. The molecule has 1 saturated heterocycles. The number of halogens is 1. The van der Waals surface area contributed by atoms with Crippen molar-refractivity contribution < 1.29 is 19.5 Å². The molecule has 18 heavy (non-hydrogen) atoms. The van der Waals surface area contributed by atoms with Crippen LogP contribution in [0.25, 0.3) is 0 Å². The molecular formula is C10H9BrN2O4S. The predicted octanol–water partition coefficient (Wildman–Crippen LogP) is 0.713. The summed E-state index contributed by atoms with van der Waals surface area (Å²) in [5.41, 5.74) is 0.781. The van der Waals surface area contributed by atoms with Crippen molar-refractivity contribution in [3.63, 3.8) is 0 Å². The Bertz CT molecular complexity index is 528. The van der Waals surface area contributed by atoms with E-state index in [9.17, 15) is 14.4 Å². The number of carboxylic acid groups (broad SMARTS) is 1. The first-order valence-corrected chi connectivity index (χ1v) is 6.72. The zero-order valence-corrected chi connectivity index (χ0v) is 11.4. The Morgan fingerprint density at radius 3 is 2.89 bits per heavy atom. The molecule has 0 bridgehead atoms. The van der Waals surface area contributed by atoms with Crippen molar-refractivity contribution in [3.8, 4) is 0 Å². The molecule has 0 spiro atoms. The third kappa shape index (κ3) is 2.60. The third-order valence-corrected chi connectivity index (χ3v) is 4.41. The summed E-state index contributed by atoms with van der Waals surface area (Å²) in [6.07, 6.45) is 0.0863. The molecule has 1 aliphatic rings. The number of imide groups is 1. The molecule has 2 heterocycles. The first-order valence-electron chi connectivity index (χ1n) is 5.05. The number of hydrogen-bond donors (Lipinski definition) is 3. The number of carboxylic acids is 1. The summed E-state index contributed by atoms with van der Waals surface area (Å²) in [7, 11) is 0. The lowest BCUT2D eigenvalue weighted by atomic mass is 10.2. The maximum absolute atomic E-state index is 11.3. The Balaban J connectivity index is 2.06. The van der Waals surface area contributed by atoms with Crippen LogP contribution in [0.1, 0.15) is 22.3 Å². The van der Waals surface area contributed by atoms with E-state index in [4.69, 9.17) is 5.11 Å². The number of aromatic carboxylic acids is 1. The maximum Gasteiger partial charge on any atom is 0.336 e. The molecule has 1 aromatic rings. The van der Waals surface area contributed by atoms with Crippen molar-refractivity contribution in [2.24, 2.45) is 0 Å². The van der Waals surface area contributed by atoms with E-state index in [0.29, 0.717) is 9.35 Å². The first-order chi connectivity index (χ1) is 8.49. The van der Waals surface area contributed by atoms with E-state index in [-0.39, 0.29) is 30.3 Å². The first kappa shape index (κ1) is 13.2. The number of thiophene rings is 1. The van der Waals surface area contributed by atoms with Gasteiger partial charge in [-0.1, -0.05) is 0 Å². The van der Waals surface area contributed by atoms with Crippen LogP contribution in [-0.4, -0.2) is 28.9 Å². The highest BCUT2D eigenvalue weighted by atomic mass is 79.9. The summed E-state index contributed by atoms with van der Waals surface area (Å²) in [5.74, 6) is -1.70. The van der Waals surface area contributed by atoms with E-state index in [1.54, 1.807) is 0 Å². The van der Waals surface area contributed by atoms with Gasteiger partial charge in [-0.15, -0.1) is 11.3 Å². The van der Waals surface area contributed by atoms with Crippen LogP contribution in [0.3, 0.4) is 0 Å². The largest absolute Gasteiger partial charge is 0.478 e. The zero-order valence-electron chi connectivity index (χ0n) is 9.03. The molecule has 6 nitrogen and oxygen atoms in total. The van der Waals surface area contributed by atoms with E-state index < -0.39 is 12.0 Å². The minimum atomic E-state index is -1.01. The van der Waals surface area contributed by atoms with Crippen LogP contribution in [0.15, 0.2) is 9.17 Å². The quantitative estimate of drug-likeness (QED) is 0.706. The average molecular weight is 333 g/mol. The monoisotopic (exact) mass is 332 g/mol. The van der Waals surface area contributed by atoms with Crippen molar-refractivity contribution in [1.29, 1.82) is 0 Å². The van der Waals surface area contributed by atoms with Crippen LogP contribution >= 0.6 is 27.3 Å². The van der Waals surface area contributed by atoms with Crippen LogP contribution in [0.5, 0.6) is 0 Å². The topological polar surface area (TPSA) is 95.5 Å². The zero-order chi connectivity index (χ0) is 13.3. The molecule has 1 atom stereocenters. The van der Waals surface area contributed by atoms with Gasteiger partial charge in [0, 0.05) is 17.5 Å². The summed E-state index contributed by atoms with van der Waals surface area (Å²) >= 11 is 4.54. The van der Waals surface area contributed by atoms with Crippen LogP contribution < -0.4 is 10.6 Å². The Morgan fingerprint density at radius 1 is 1.61 bits per heavy atom. The lowest BCUT2D eigenvalue weighted by Crippen LogP contribution is -2.36. The molecule has 2 amide bonds. The minimum Gasteiger partial charge on any atom is -0.478 e. The highest BCUT2D eigenvalue weighted by molar-refractivity contribution is 9.11. The number of amides is 2. The van der Waals surface area contributed by atoms with Gasteiger partial charge >= 0.3 is 5.97 Å². The van der Waals surface area contributed by atoms with E-state index in [1.807, 2.05) is 0 Å². The highest BCUT2D eigenvalue weighted by Crippen LogP contribution is 2.28. The third-order valence-electron chi connectivity index (χ3n) is 2.57. The SMILES string of the molecule is O=C1CC(NCc2c(C(=O)O)csc2Br)C(=O)N1. The Labute approximate surface area is 115 Å². The Morgan fingerprint density at radius 2 is 2.33 bits per heavy atom. The molecule has 0 aliphatic carbocycles. The van der Waals surface area contributed by atoms with Gasteiger partial charge < -0.3 is 10.4 Å². The van der Waals surface area contributed by atoms with Gasteiger partial charge in [0.25, 0.3) is 0 Å².